The first kappa shape index (κ1) is 34.3. The van der Waals surface area contributed by atoms with E-state index in [4.69, 9.17) is 4.74 Å². The first-order chi connectivity index (χ1) is 22.4. The zero-order valence-corrected chi connectivity index (χ0v) is 25.4. The minimum atomic E-state index is -4.90. The predicted octanol–water partition coefficient (Wildman–Crippen LogP) is 5.86. The molecule has 4 aromatic rings. The molecule has 1 amide bonds. The fraction of sp³-hybridized carbons (Fsp3) is 0.312. The van der Waals surface area contributed by atoms with Gasteiger partial charge < -0.3 is 19.5 Å². The van der Waals surface area contributed by atoms with Gasteiger partial charge in [-0.1, -0.05) is 18.2 Å². The Morgan fingerprint density at radius 1 is 1.06 bits per heavy atom. The van der Waals surface area contributed by atoms with Crippen LogP contribution in [0.1, 0.15) is 33.6 Å². The second kappa shape index (κ2) is 12.5. The molecule has 0 spiro atoms. The van der Waals surface area contributed by atoms with Gasteiger partial charge in [-0.25, -0.2) is 13.6 Å². The number of rotatable bonds is 7. The highest BCUT2D eigenvalue weighted by atomic mass is 19.4. The summed E-state index contributed by atoms with van der Waals surface area (Å²) in [6, 6.07) is 3.92. The summed E-state index contributed by atoms with van der Waals surface area (Å²) < 4.78 is 118. The lowest BCUT2D eigenvalue weighted by Crippen LogP contribution is -2.56. The van der Waals surface area contributed by atoms with Crippen LogP contribution in [0.4, 0.5) is 40.8 Å². The van der Waals surface area contributed by atoms with E-state index in [1.165, 1.54) is 44.4 Å². The zero-order chi connectivity index (χ0) is 35.3. The number of nitrogens with one attached hydrogen (secondary N) is 1. The molecule has 0 radical (unpaired) electrons. The van der Waals surface area contributed by atoms with Crippen molar-refractivity contribution < 1.29 is 49.4 Å². The second-order valence-corrected chi connectivity index (χ2v) is 11.2. The quantitative estimate of drug-likeness (QED) is 0.194. The largest absolute Gasteiger partial charge is 0.467 e. The van der Waals surface area contributed by atoms with E-state index in [1.807, 2.05) is 0 Å². The van der Waals surface area contributed by atoms with Crippen molar-refractivity contribution >= 4 is 28.5 Å². The average Bonchev–Trinajstić information content (AvgIpc) is 2.97. The van der Waals surface area contributed by atoms with Crippen molar-refractivity contribution in [3.63, 3.8) is 0 Å². The number of anilines is 1. The van der Waals surface area contributed by atoms with Crippen LogP contribution in [0, 0.1) is 18.6 Å². The van der Waals surface area contributed by atoms with E-state index in [0.717, 1.165) is 22.6 Å². The summed E-state index contributed by atoms with van der Waals surface area (Å²) >= 11 is 0. The minimum Gasteiger partial charge on any atom is -0.467 e. The summed E-state index contributed by atoms with van der Waals surface area (Å²) in [5.41, 5.74) is -4.23. The molecule has 1 fully saturated rings. The molecule has 0 saturated carbocycles. The molecule has 2 aromatic carbocycles. The number of benzene rings is 2. The smallest absolute Gasteiger partial charge is 0.417 e. The van der Waals surface area contributed by atoms with Gasteiger partial charge in [0.2, 0.25) is 0 Å². The van der Waals surface area contributed by atoms with E-state index >= 15 is 8.78 Å². The molecule has 8 nitrogen and oxygen atoms in total. The van der Waals surface area contributed by atoms with Crippen molar-refractivity contribution in [2.24, 2.45) is 7.05 Å². The van der Waals surface area contributed by atoms with Crippen molar-refractivity contribution in [3.05, 3.63) is 93.0 Å². The van der Waals surface area contributed by atoms with Gasteiger partial charge in [-0.2, -0.15) is 26.3 Å². The molecular weight excluding hydrogens is 656 g/mol. The lowest BCUT2D eigenvalue weighted by Gasteiger charge is -2.43. The maximum atomic E-state index is 15.0. The topological polar surface area (TPSA) is 93.5 Å². The second-order valence-electron chi connectivity index (χ2n) is 11.2. The maximum Gasteiger partial charge on any atom is 0.417 e. The Morgan fingerprint density at radius 2 is 1.73 bits per heavy atom. The highest BCUT2D eigenvalue weighted by molar-refractivity contribution is 5.99. The Balaban J connectivity index is 1.50. The Morgan fingerprint density at radius 3 is 2.29 bits per heavy atom. The van der Waals surface area contributed by atoms with Gasteiger partial charge in [0.1, 0.15) is 29.3 Å². The van der Waals surface area contributed by atoms with Crippen molar-refractivity contribution in [2.75, 3.05) is 18.6 Å². The number of esters is 1. The highest BCUT2D eigenvalue weighted by Crippen LogP contribution is 2.40. The van der Waals surface area contributed by atoms with Crippen LogP contribution in [0.25, 0.3) is 22.0 Å². The molecule has 0 aliphatic carbocycles. The van der Waals surface area contributed by atoms with Crippen LogP contribution in [0.15, 0.2) is 53.5 Å². The van der Waals surface area contributed by atoms with Crippen LogP contribution in [0.2, 0.25) is 0 Å². The van der Waals surface area contributed by atoms with E-state index in [-0.39, 0.29) is 40.7 Å². The number of hydrogen-bond acceptors (Lipinski definition) is 6. The van der Waals surface area contributed by atoms with Gasteiger partial charge >= 0.3 is 18.3 Å². The Kier molecular flexibility index (Phi) is 8.97. The normalized spacial score (nSPS) is 15.6. The number of nitrogens with zero attached hydrogens (tertiary/aromatic N) is 3. The number of fused-ring (bicyclic) bond motifs is 1. The van der Waals surface area contributed by atoms with Crippen LogP contribution < -0.4 is 15.8 Å². The Labute approximate surface area is 266 Å². The Hall–Kier alpha value is -5.02. The molecule has 2 atom stereocenters. The van der Waals surface area contributed by atoms with Gasteiger partial charge in [-0.3, -0.25) is 14.6 Å². The van der Waals surface area contributed by atoms with Gasteiger partial charge in [0.15, 0.2) is 0 Å². The molecule has 1 aliphatic rings. The molecule has 254 valence electrons. The van der Waals surface area contributed by atoms with Gasteiger partial charge in [0.05, 0.1) is 23.8 Å². The maximum absolute atomic E-state index is 15.0. The fourth-order valence-corrected chi connectivity index (χ4v) is 5.68. The van der Waals surface area contributed by atoms with Crippen LogP contribution in [0.3, 0.4) is 0 Å². The molecule has 1 N–H and O–H groups in total. The summed E-state index contributed by atoms with van der Waals surface area (Å²) in [5, 5.41) is 2.38. The number of hydrogen-bond donors (Lipinski definition) is 1. The number of aromatic nitrogens is 2. The predicted molar refractivity (Wildman–Crippen MR) is 157 cm³/mol. The lowest BCUT2D eigenvalue weighted by atomic mass is 9.93. The van der Waals surface area contributed by atoms with Crippen molar-refractivity contribution in [1.29, 1.82) is 0 Å². The van der Waals surface area contributed by atoms with Crippen molar-refractivity contribution in [3.8, 4) is 11.1 Å². The van der Waals surface area contributed by atoms with Crippen LogP contribution in [0.5, 0.6) is 0 Å². The molecule has 0 unspecified atom stereocenters. The molecule has 2 aromatic heterocycles. The van der Waals surface area contributed by atoms with Gasteiger partial charge in [-0.15, -0.1) is 0 Å². The number of carbonyl (C=O) groups excluding carboxylic acids is 2. The van der Waals surface area contributed by atoms with Crippen LogP contribution >= 0.6 is 0 Å². The third-order valence-electron chi connectivity index (χ3n) is 8.30. The monoisotopic (exact) mass is 682 g/mol. The molecule has 16 heteroatoms. The number of methoxy groups -OCH3 is 1. The number of ether oxygens (including phenoxy) is 1. The minimum absolute atomic E-state index is 0.0350. The number of carbonyl (C=O) groups is 2. The van der Waals surface area contributed by atoms with Crippen molar-refractivity contribution in [1.82, 2.24) is 14.9 Å². The molecule has 1 saturated heterocycles. The van der Waals surface area contributed by atoms with Gasteiger partial charge in [0.25, 0.3) is 11.5 Å². The van der Waals surface area contributed by atoms with Gasteiger partial charge in [0, 0.05) is 48.5 Å². The molecule has 1 aliphatic heterocycles. The molecule has 0 bridgehead atoms. The van der Waals surface area contributed by atoms with Crippen LogP contribution in [-0.4, -0.2) is 53.3 Å². The summed E-state index contributed by atoms with van der Waals surface area (Å²) in [4.78, 5) is 43.9. The highest BCUT2D eigenvalue weighted by Gasteiger charge is 2.49. The van der Waals surface area contributed by atoms with E-state index in [2.05, 4.69) is 10.3 Å². The first-order valence-corrected chi connectivity index (χ1v) is 14.3. The summed E-state index contributed by atoms with van der Waals surface area (Å²) in [5.74, 6) is -5.42. The standard InChI is InChI=1S/C32H26F8N4O4/c1-15-11-20(31(35,36)37)25(29(46)43(15)2)19-7-6-16(18-5-4-9-41-27(18)19)12-23(30(47)48-3)42-28(45)26-21(33)13-17(14-22(26)34)44-10-8-24(44)32(38,39)40/h4-7,9,11,13-14,23-24H,8,10,12H2,1-3H3,(H,42,45)/t23-,24+/m0/s1. The van der Waals surface area contributed by atoms with E-state index in [1.54, 1.807) is 0 Å². The van der Waals surface area contributed by atoms with Crippen LogP contribution in [-0.2, 0) is 29.2 Å². The van der Waals surface area contributed by atoms with Gasteiger partial charge in [-0.05, 0) is 43.2 Å². The number of amides is 1. The molecule has 48 heavy (non-hydrogen) atoms. The molecule has 5 rings (SSSR count). The molecular formula is C32H26F8N4O4. The van der Waals surface area contributed by atoms with E-state index in [9.17, 15) is 40.7 Å². The average molecular weight is 683 g/mol. The summed E-state index contributed by atoms with van der Waals surface area (Å²) in [6.45, 7) is 1.24. The molecule has 3 heterocycles. The number of halogens is 8. The summed E-state index contributed by atoms with van der Waals surface area (Å²) in [6.07, 6.45) is -8.92. The fourth-order valence-electron chi connectivity index (χ4n) is 5.68. The summed E-state index contributed by atoms with van der Waals surface area (Å²) in [7, 11) is 2.30. The first-order valence-electron chi connectivity index (χ1n) is 14.3. The van der Waals surface area contributed by atoms with Crippen molar-refractivity contribution in [2.45, 2.75) is 44.2 Å². The third-order valence-corrected chi connectivity index (χ3v) is 8.30. The van der Waals surface area contributed by atoms with E-state index in [0.29, 0.717) is 12.1 Å². The number of alkyl halides is 6. The number of aryl methyl sites for hydroxylation is 1. The lowest BCUT2D eigenvalue weighted by molar-refractivity contribution is -0.159. The Bertz CT molecular complexity index is 1970. The third kappa shape index (κ3) is 6.30. The number of pyridine rings is 2. The zero-order valence-electron chi connectivity index (χ0n) is 25.4. The van der Waals surface area contributed by atoms with E-state index < -0.39 is 82.3 Å². The SMILES string of the molecule is COC(=O)[C@H](Cc1ccc(-c2c(C(F)(F)F)cc(C)n(C)c2=O)c2ncccc12)NC(=O)c1c(F)cc(N2CC[C@@H]2C(F)(F)F)cc1F.